The first-order valence-corrected chi connectivity index (χ1v) is 9.27. The molecule has 0 saturated heterocycles. The molecule has 1 aromatic carbocycles. The van der Waals surface area contributed by atoms with E-state index in [9.17, 15) is 18.0 Å². The summed E-state index contributed by atoms with van der Waals surface area (Å²) in [5, 5.41) is 0.818. The standard InChI is InChI=1S/C19H17F3N2O3S/c1-4-15-17(27-11(3)25)14-6-5-13(7-16(14)28-15)26-9-12-8-23-18(19(20,21)22)24-10(12)2/h5-8H,4,9H2,1-3H3. The molecule has 0 aliphatic carbocycles. The lowest BCUT2D eigenvalue weighted by Gasteiger charge is -2.10. The second kappa shape index (κ2) is 7.75. The summed E-state index contributed by atoms with van der Waals surface area (Å²) in [4.78, 5) is 19.2. The SMILES string of the molecule is CCc1sc2cc(OCc3cnc(C(F)(F)F)nc3C)ccc2c1OC(C)=O. The molecule has 0 aliphatic heterocycles. The van der Waals surface area contributed by atoms with Crippen molar-refractivity contribution in [2.45, 2.75) is 40.0 Å². The number of alkyl halides is 3. The lowest BCUT2D eigenvalue weighted by atomic mass is 10.2. The van der Waals surface area contributed by atoms with Crippen LogP contribution in [0.4, 0.5) is 13.2 Å². The van der Waals surface area contributed by atoms with E-state index in [-0.39, 0.29) is 18.3 Å². The summed E-state index contributed by atoms with van der Waals surface area (Å²) in [7, 11) is 0. The highest BCUT2D eigenvalue weighted by atomic mass is 32.1. The van der Waals surface area contributed by atoms with Crippen LogP contribution in [0.25, 0.3) is 10.1 Å². The molecular weight excluding hydrogens is 393 g/mol. The first-order valence-electron chi connectivity index (χ1n) is 8.45. The maximum Gasteiger partial charge on any atom is 0.451 e. The van der Waals surface area contributed by atoms with Crippen LogP contribution in [0.1, 0.15) is 35.8 Å². The average Bonchev–Trinajstić information content (AvgIpc) is 2.96. The number of esters is 1. The zero-order valence-corrected chi connectivity index (χ0v) is 16.2. The quantitative estimate of drug-likeness (QED) is 0.549. The Bertz CT molecular complexity index is 1030. The number of aryl methyl sites for hydroxylation is 2. The summed E-state index contributed by atoms with van der Waals surface area (Å²) in [6, 6.07) is 5.34. The highest BCUT2D eigenvalue weighted by Crippen LogP contribution is 2.40. The number of benzene rings is 1. The number of hydrogen-bond donors (Lipinski definition) is 0. The number of halogens is 3. The second-order valence-electron chi connectivity index (χ2n) is 6.05. The number of thiophene rings is 1. The summed E-state index contributed by atoms with van der Waals surface area (Å²) in [5.41, 5.74) is 0.680. The van der Waals surface area contributed by atoms with Crippen molar-refractivity contribution < 1.29 is 27.4 Å². The molecule has 2 heterocycles. The van der Waals surface area contributed by atoms with Crippen molar-refractivity contribution in [1.29, 1.82) is 0 Å². The molecule has 0 N–H and O–H groups in total. The normalized spacial score (nSPS) is 11.6. The number of carbonyl (C=O) groups is 1. The van der Waals surface area contributed by atoms with Gasteiger partial charge in [0, 0.05) is 39.3 Å². The fraction of sp³-hybridized carbons (Fsp3) is 0.316. The van der Waals surface area contributed by atoms with Gasteiger partial charge in [-0.3, -0.25) is 4.79 Å². The molecule has 2 aromatic heterocycles. The molecule has 0 spiro atoms. The third-order valence-electron chi connectivity index (χ3n) is 3.98. The van der Waals surface area contributed by atoms with Gasteiger partial charge in [0.2, 0.25) is 5.82 Å². The first-order chi connectivity index (χ1) is 13.2. The van der Waals surface area contributed by atoms with Gasteiger partial charge in [-0.05, 0) is 31.5 Å². The van der Waals surface area contributed by atoms with Crippen LogP contribution in [-0.2, 0) is 24.0 Å². The number of ether oxygens (including phenoxy) is 2. The van der Waals surface area contributed by atoms with Gasteiger partial charge in [0.05, 0.1) is 0 Å². The van der Waals surface area contributed by atoms with E-state index in [2.05, 4.69) is 9.97 Å². The minimum absolute atomic E-state index is 0.0400. The molecular formula is C19H17F3N2O3S. The molecule has 0 radical (unpaired) electrons. The van der Waals surface area contributed by atoms with Crippen LogP contribution >= 0.6 is 11.3 Å². The minimum atomic E-state index is -4.58. The molecule has 0 bridgehead atoms. The van der Waals surface area contributed by atoms with Crippen LogP contribution in [0.2, 0.25) is 0 Å². The molecule has 0 saturated carbocycles. The molecule has 0 amide bonds. The summed E-state index contributed by atoms with van der Waals surface area (Å²) >= 11 is 1.50. The van der Waals surface area contributed by atoms with Gasteiger partial charge >= 0.3 is 12.1 Å². The number of nitrogens with zero attached hydrogens (tertiary/aromatic N) is 2. The van der Waals surface area contributed by atoms with Crippen LogP contribution in [0.3, 0.4) is 0 Å². The topological polar surface area (TPSA) is 61.3 Å². The van der Waals surface area contributed by atoms with Gasteiger partial charge in [-0.25, -0.2) is 9.97 Å². The van der Waals surface area contributed by atoms with E-state index >= 15 is 0 Å². The zero-order valence-electron chi connectivity index (χ0n) is 15.4. The molecule has 0 aliphatic rings. The van der Waals surface area contributed by atoms with Crippen LogP contribution in [0.15, 0.2) is 24.4 Å². The fourth-order valence-electron chi connectivity index (χ4n) is 2.61. The van der Waals surface area contributed by atoms with Crippen LogP contribution in [0.5, 0.6) is 11.5 Å². The Morgan fingerprint density at radius 1 is 1.29 bits per heavy atom. The van der Waals surface area contributed by atoms with Gasteiger partial charge in [-0.15, -0.1) is 11.3 Å². The van der Waals surface area contributed by atoms with Crippen LogP contribution in [-0.4, -0.2) is 15.9 Å². The number of hydrogen-bond acceptors (Lipinski definition) is 6. The maximum absolute atomic E-state index is 12.7. The Kier molecular flexibility index (Phi) is 5.55. The predicted molar refractivity (Wildman–Crippen MR) is 98.6 cm³/mol. The average molecular weight is 410 g/mol. The molecule has 0 atom stereocenters. The summed E-state index contributed by atoms with van der Waals surface area (Å²) in [6.45, 7) is 4.85. The van der Waals surface area contributed by atoms with Gasteiger partial charge in [0.1, 0.15) is 12.4 Å². The first kappa shape index (κ1) is 20.1. The summed E-state index contributed by atoms with van der Waals surface area (Å²) < 4.78 is 49.9. The van der Waals surface area contributed by atoms with Crippen molar-refractivity contribution in [3.05, 3.63) is 46.4 Å². The van der Waals surface area contributed by atoms with Crippen molar-refractivity contribution in [2.24, 2.45) is 0 Å². The lowest BCUT2D eigenvalue weighted by molar-refractivity contribution is -0.145. The number of aromatic nitrogens is 2. The highest BCUT2D eigenvalue weighted by Gasteiger charge is 2.34. The van der Waals surface area contributed by atoms with E-state index in [0.717, 1.165) is 27.6 Å². The van der Waals surface area contributed by atoms with Gasteiger partial charge in [-0.2, -0.15) is 13.2 Å². The van der Waals surface area contributed by atoms with Crippen molar-refractivity contribution >= 4 is 27.4 Å². The lowest BCUT2D eigenvalue weighted by Crippen LogP contribution is -2.13. The Morgan fingerprint density at radius 2 is 2.04 bits per heavy atom. The molecule has 5 nitrogen and oxygen atoms in total. The van der Waals surface area contributed by atoms with E-state index in [0.29, 0.717) is 17.1 Å². The number of fused-ring (bicyclic) bond motifs is 1. The number of rotatable bonds is 5. The third kappa shape index (κ3) is 4.24. The fourth-order valence-corrected chi connectivity index (χ4v) is 3.71. The van der Waals surface area contributed by atoms with Crippen LogP contribution in [0, 0.1) is 6.92 Å². The van der Waals surface area contributed by atoms with E-state index in [1.165, 1.54) is 25.2 Å². The summed E-state index contributed by atoms with van der Waals surface area (Å²) in [6.07, 6.45) is -2.73. The van der Waals surface area contributed by atoms with E-state index in [4.69, 9.17) is 9.47 Å². The molecule has 0 fully saturated rings. The van der Waals surface area contributed by atoms with Crippen molar-refractivity contribution in [2.75, 3.05) is 0 Å². The molecule has 28 heavy (non-hydrogen) atoms. The minimum Gasteiger partial charge on any atom is -0.489 e. The van der Waals surface area contributed by atoms with Gasteiger partial charge < -0.3 is 9.47 Å². The van der Waals surface area contributed by atoms with Gasteiger partial charge in [0.15, 0.2) is 5.75 Å². The smallest absolute Gasteiger partial charge is 0.451 e. The van der Waals surface area contributed by atoms with Crippen molar-refractivity contribution in [3.8, 4) is 11.5 Å². The van der Waals surface area contributed by atoms with E-state index in [1.54, 1.807) is 12.1 Å². The van der Waals surface area contributed by atoms with E-state index < -0.39 is 12.0 Å². The van der Waals surface area contributed by atoms with Gasteiger partial charge in [-0.1, -0.05) is 6.92 Å². The molecule has 3 rings (SSSR count). The van der Waals surface area contributed by atoms with Gasteiger partial charge in [0.25, 0.3) is 0 Å². The second-order valence-corrected chi connectivity index (χ2v) is 7.19. The Labute approximate surface area is 163 Å². The molecule has 9 heteroatoms. The van der Waals surface area contributed by atoms with Crippen LogP contribution < -0.4 is 9.47 Å². The zero-order chi connectivity index (χ0) is 20.5. The Balaban J connectivity index is 1.81. The molecule has 3 aromatic rings. The Hall–Kier alpha value is -2.68. The maximum atomic E-state index is 12.7. The third-order valence-corrected chi connectivity index (χ3v) is 5.26. The molecule has 0 unspecified atom stereocenters. The summed E-state index contributed by atoms with van der Waals surface area (Å²) in [5.74, 6) is -0.440. The Morgan fingerprint density at radius 3 is 2.64 bits per heavy atom. The molecule has 148 valence electrons. The predicted octanol–water partition coefficient (Wildman–Crippen LogP) is 5.09. The van der Waals surface area contributed by atoms with Crippen molar-refractivity contribution in [1.82, 2.24) is 9.97 Å². The number of carbonyl (C=O) groups excluding carboxylic acids is 1. The van der Waals surface area contributed by atoms with Crippen molar-refractivity contribution in [3.63, 3.8) is 0 Å². The highest BCUT2D eigenvalue weighted by molar-refractivity contribution is 7.19. The largest absolute Gasteiger partial charge is 0.489 e. The monoisotopic (exact) mass is 410 g/mol. The van der Waals surface area contributed by atoms with E-state index in [1.807, 2.05) is 13.0 Å².